The van der Waals surface area contributed by atoms with E-state index in [4.69, 9.17) is 9.47 Å². The number of phenols is 1. The van der Waals surface area contributed by atoms with Gasteiger partial charge in [0.25, 0.3) is 0 Å². The summed E-state index contributed by atoms with van der Waals surface area (Å²) in [5, 5.41) is 13.8. The van der Waals surface area contributed by atoms with Gasteiger partial charge in [-0.3, -0.25) is 0 Å². The standard InChI is InChI=1S/C21H20N2O5S/c1-3-27-20(25)15(21(26)28-4-2)12-22-13-9-10-17(24)14(11-13)19-23-16-7-5-6-8-18(16)29-19/h5-12,22,24H,3-4H2,1-2H3. The summed E-state index contributed by atoms with van der Waals surface area (Å²) in [6, 6.07) is 12.5. The Morgan fingerprint density at radius 1 is 1.10 bits per heavy atom. The summed E-state index contributed by atoms with van der Waals surface area (Å²) >= 11 is 1.46. The van der Waals surface area contributed by atoms with Gasteiger partial charge in [0, 0.05) is 11.9 Å². The van der Waals surface area contributed by atoms with Crippen LogP contribution in [0, 0.1) is 0 Å². The van der Waals surface area contributed by atoms with Gasteiger partial charge in [0.1, 0.15) is 10.8 Å². The number of esters is 2. The third kappa shape index (κ3) is 4.72. The number of carbonyl (C=O) groups excluding carboxylic acids is 2. The normalized spacial score (nSPS) is 10.4. The molecular weight excluding hydrogens is 392 g/mol. The number of hydrogen-bond acceptors (Lipinski definition) is 8. The molecule has 8 heteroatoms. The van der Waals surface area contributed by atoms with Gasteiger partial charge in [0.05, 0.1) is 29.0 Å². The van der Waals surface area contributed by atoms with Crippen LogP contribution < -0.4 is 5.32 Å². The predicted molar refractivity (Wildman–Crippen MR) is 112 cm³/mol. The Hall–Kier alpha value is -3.39. The topological polar surface area (TPSA) is 97.8 Å². The lowest BCUT2D eigenvalue weighted by atomic mass is 10.2. The molecule has 1 heterocycles. The lowest BCUT2D eigenvalue weighted by Gasteiger charge is -2.09. The minimum atomic E-state index is -0.774. The van der Waals surface area contributed by atoms with Crippen molar-refractivity contribution >= 4 is 39.2 Å². The van der Waals surface area contributed by atoms with Crippen LogP contribution in [-0.2, 0) is 19.1 Å². The minimum Gasteiger partial charge on any atom is -0.507 e. The number of ether oxygens (including phenoxy) is 2. The first-order valence-electron chi connectivity index (χ1n) is 9.03. The van der Waals surface area contributed by atoms with E-state index >= 15 is 0 Å². The Bertz CT molecular complexity index is 1020. The third-order valence-corrected chi connectivity index (χ3v) is 4.96. The van der Waals surface area contributed by atoms with Gasteiger partial charge in [-0.05, 0) is 44.2 Å². The molecule has 150 valence electrons. The van der Waals surface area contributed by atoms with Gasteiger partial charge < -0.3 is 19.9 Å². The van der Waals surface area contributed by atoms with Crippen molar-refractivity contribution in [3.63, 3.8) is 0 Å². The smallest absolute Gasteiger partial charge is 0.347 e. The van der Waals surface area contributed by atoms with Crippen LogP contribution in [0.1, 0.15) is 13.8 Å². The van der Waals surface area contributed by atoms with Crippen molar-refractivity contribution in [3.05, 3.63) is 54.2 Å². The maximum atomic E-state index is 12.0. The van der Waals surface area contributed by atoms with Crippen LogP contribution in [0.3, 0.4) is 0 Å². The molecule has 0 fully saturated rings. The number of rotatable bonds is 7. The van der Waals surface area contributed by atoms with E-state index in [-0.39, 0.29) is 24.5 Å². The number of carbonyl (C=O) groups is 2. The number of aromatic nitrogens is 1. The summed E-state index contributed by atoms with van der Waals surface area (Å²) in [6.45, 7) is 3.57. The van der Waals surface area contributed by atoms with Crippen LogP contribution in [-0.4, -0.2) is 35.2 Å². The fraction of sp³-hybridized carbons (Fsp3) is 0.190. The molecule has 0 spiro atoms. The zero-order valence-electron chi connectivity index (χ0n) is 16.0. The molecule has 3 aromatic rings. The van der Waals surface area contributed by atoms with Crippen LogP contribution in [0.2, 0.25) is 0 Å². The molecule has 0 atom stereocenters. The number of anilines is 1. The molecule has 2 N–H and O–H groups in total. The van der Waals surface area contributed by atoms with Crippen molar-refractivity contribution in [3.8, 4) is 16.3 Å². The van der Waals surface area contributed by atoms with E-state index in [9.17, 15) is 14.7 Å². The third-order valence-electron chi connectivity index (χ3n) is 3.89. The lowest BCUT2D eigenvalue weighted by Crippen LogP contribution is -2.19. The van der Waals surface area contributed by atoms with Crippen molar-refractivity contribution in [1.82, 2.24) is 4.98 Å². The number of aromatic hydroxyl groups is 1. The monoisotopic (exact) mass is 412 g/mol. The zero-order valence-corrected chi connectivity index (χ0v) is 16.8. The van der Waals surface area contributed by atoms with E-state index in [1.807, 2.05) is 24.3 Å². The molecule has 0 radical (unpaired) electrons. The zero-order chi connectivity index (χ0) is 20.8. The Morgan fingerprint density at radius 3 is 2.45 bits per heavy atom. The van der Waals surface area contributed by atoms with E-state index in [2.05, 4.69) is 10.3 Å². The molecule has 0 bridgehead atoms. The van der Waals surface area contributed by atoms with E-state index in [0.717, 1.165) is 10.2 Å². The molecule has 2 aromatic carbocycles. The minimum absolute atomic E-state index is 0.0783. The second kappa shape index (κ2) is 9.20. The molecule has 0 saturated heterocycles. The fourth-order valence-electron chi connectivity index (χ4n) is 2.56. The number of thiazole rings is 1. The average molecular weight is 412 g/mol. The second-order valence-corrected chi connectivity index (χ2v) is 6.89. The van der Waals surface area contributed by atoms with E-state index < -0.39 is 11.9 Å². The van der Waals surface area contributed by atoms with Gasteiger partial charge in [0.15, 0.2) is 5.57 Å². The van der Waals surface area contributed by atoms with E-state index in [1.165, 1.54) is 23.6 Å². The van der Waals surface area contributed by atoms with Crippen LogP contribution in [0.5, 0.6) is 5.75 Å². The van der Waals surface area contributed by atoms with Crippen molar-refractivity contribution in [2.45, 2.75) is 13.8 Å². The summed E-state index contributed by atoms with van der Waals surface area (Å²) in [6.07, 6.45) is 1.24. The van der Waals surface area contributed by atoms with Crippen molar-refractivity contribution in [2.24, 2.45) is 0 Å². The van der Waals surface area contributed by atoms with E-state index in [1.54, 1.807) is 26.0 Å². The number of nitrogens with zero attached hydrogens (tertiary/aromatic N) is 1. The maximum absolute atomic E-state index is 12.0. The first-order chi connectivity index (χ1) is 14.0. The number of nitrogens with one attached hydrogen (secondary N) is 1. The van der Waals surface area contributed by atoms with Crippen molar-refractivity contribution in [1.29, 1.82) is 0 Å². The first-order valence-corrected chi connectivity index (χ1v) is 9.85. The van der Waals surface area contributed by atoms with Gasteiger partial charge >= 0.3 is 11.9 Å². The largest absolute Gasteiger partial charge is 0.507 e. The number of benzene rings is 2. The Balaban J connectivity index is 1.90. The Labute approximate surface area is 171 Å². The van der Waals surface area contributed by atoms with Crippen LogP contribution >= 0.6 is 11.3 Å². The highest BCUT2D eigenvalue weighted by Crippen LogP contribution is 2.36. The van der Waals surface area contributed by atoms with Crippen LogP contribution in [0.15, 0.2) is 54.2 Å². The molecular formula is C21H20N2O5S. The number of hydrogen-bond donors (Lipinski definition) is 2. The van der Waals surface area contributed by atoms with Crippen LogP contribution in [0.4, 0.5) is 5.69 Å². The summed E-state index contributed by atoms with van der Waals surface area (Å²) < 4.78 is 10.8. The molecule has 3 rings (SSSR count). The molecule has 0 aliphatic carbocycles. The van der Waals surface area contributed by atoms with Crippen molar-refractivity contribution < 1.29 is 24.2 Å². The summed E-state index contributed by atoms with van der Waals surface area (Å²) in [5.41, 5.74) is 1.70. The highest BCUT2D eigenvalue weighted by atomic mass is 32.1. The van der Waals surface area contributed by atoms with Crippen LogP contribution in [0.25, 0.3) is 20.8 Å². The average Bonchev–Trinajstić information content (AvgIpc) is 3.13. The molecule has 0 aliphatic heterocycles. The summed E-state index contributed by atoms with van der Waals surface area (Å²) in [4.78, 5) is 28.6. The highest BCUT2D eigenvalue weighted by Gasteiger charge is 2.21. The lowest BCUT2D eigenvalue weighted by molar-refractivity contribution is -0.146. The number of fused-ring (bicyclic) bond motifs is 1. The predicted octanol–water partition coefficient (Wildman–Crippen LogP) is 4.09. The summed E-state index contributed by atoms with van der Waals surface area (Å²) in [7, 11) is 0. The molecule has 7 nitrogen and oxygen atoms in total. The molecule has 1 aromatic heterocycles. The second-order valence-electron chi connectivity index (χ2n) is 5.86. The Morgan fingerprint density at radius 2 is 1.79 bits per heavy atom. The maximum Gasteiger partial charge on any atom is 0.347 e. The first kappa shape index (κ1) is 20.3. The SMILES string of the molecule is CCOC(=O)C(=CNc1ccc(O)c(-c2nc3ccccc3s2)c1)C(=O)OCC. The fourth-order valence-corrected chi connectivity index (χ4v) is 3.55. The van der Waals surface area contributed by atoms with E-state index in [0.29, 0.717) is 16.3 Å². The van der Waals surface area contributed by atoms with Crippen molar-refractivity contribution in [2.75, 3.05) is 18.5 Å². The van der Waals surface area contributed by atoms with Gasteiger partial charge in [-0.1, -0.05) is 12.1 Å². The Kier molecular flexibility index (Phi) is 6.46. The molecule has 0 aliphatic rings. The molecule has 0 unspecified atom stereocenters. The number of phenolic OH excluding ortho intramolecular Hbond substituents is 1. The molecule has 0 amide bonds. The summed E-state index contributed by atoms with van der Waals surface area (Å²) in [5.74, 6) is -1.47. The molecule has 29 heavy (non-hydrogen) atoms. The van der Waals surface area contributed by atoms with Gasteiger partial charge in [-0.2, -0.15) is 0 Å². The van der Waals surface area contributed by atoms with Gasteiger partial charge in [-0.25, -0.2) is 14.6 Å². The number of para-hydroxylation sites is 1. The molecule has 0 saturated carbocycles. The highest BCUT2D eigenvalue weighted by molar-refractivity contribution is 7.21. The van der Waals surface area contributed by atoms with Gasteiger partial charge in [-0.15, -0.1) is 11.3 Å². The van der Waals surface area contributed by atoms with Gasteiger partial charge in [0.2, 0.25) is 0 Å². The quantitative estimate of drug-likeness (QED) is 0.198.